The summed E-state index contributed by atoms with van der Waals surface area (Å²) in [5.74, 6) is 2.01. The molecule has 1 aliphatic rings. The van der Waals surface area contributed by atoms with Gasteiger partial charge in [-0.25, -0.2) is 0 Å². The van der Waals surface area contributed by atoms with E-state index < -0.39 is 0 Å². The van der Waals surface area contributed by atoms with E-state index in [0.717, 1.165) is 44.6 Å². The van der Waals surface area contributed by atoms with Crippen molar-refractivity contribution in [3.8, 4) is 11.4 Å². The molecule has 0 saturated carbocycles. The van der Waals surface area contributed by atoms with E-state index in [9.17, 15) is 4.79 Å². The van der Waals surface area contributed by atoms with Gasteiger partial charge in [-0.3, -0.25) is 9.69 Å². The molecule has 0 N–H and O–H groups in total. The molecule has 2 heterocycles. The van der Waals surface area contributed by atoms with Gasteiger partial charge in [-0.2, -0.15) is 4.98 Å². The molecule has 6 nitrogen and oxygen atoms in total. The van der Waals surface area contributed by atoms with E-state index >= 15 is 0 Å². The molecule has 0 aliphatic carbocycles. The fourth-order valence-corrected chi connectivity index (χ4v) is 3.76. The van der Waals surface area contributed by atoms with Crippen LogP contribution in [0.5, 0.6) is 0 Å². The van der Waals surface area contributed by atoms with Crippen molar-refractivity contribution in [2.75, 3.05) is 26.2 Å². The van der Waals surface area contributed by atoms with E-state index in [0.29, 0.717) is 24.1 Å². The molecule has 1 aliphatic heterocycles. The minimum absolute atomic E-state index is 0.0444. The first kappa shape index (κ1) is 20.5. The Morgan fingerprint density at radius 3 is 2.46 bits per heavy atom. The lowest BCUT2D eigenvalue weighted by Gasteiger charge is -2.37. The first-order valence-electron chi connectivity index (χ1n) is 10.4. The molecular formula is C22H32N4O2. The second-order valence-corrected chi connectivity index (χ2v) is 8.01. The van der Waals surface area contributed by atoms with Crippen LogP contribution in [0.15, 0.2) is 28.8 Å². The molecule has 6 heteroatoms. The lowest BCUT2D eigenvalue weighted by atomic mass is 10.0. The summed E-state index contributed by atoms with van der Waals surface area (Å²) < 4.78 is 5.53. The highest BCUT2D eigenvalue weighted by molar-refractivity contribution is 5.76. The molecule has 0 radical (unpaired) electrons. The molecule has 152 valence electrons. The maximum absolute atomic E-state index is 12.5. The summed E-state index contributed by atoms with van der Waals surface area (Å²) in [6.45, 7) is 11.7. The predicted octanol–water partition coefficient (Wildman–Crippen LogP) is 4.08. The Morgan fingerprint density at radius 1 is 1.14 bits per heavy atom. The second kappa shape index (κ2) is 9.32. The van der Waals surface area contributed by atoms with Crippen molar-refractivity contribution < 1.29 is 9.32 Å². The lowest BCUT2D eigenvalue weighted by molar-refractivity contribution is -0.134. The van der Waals surface area contributed by atoms with Crippen LogP contribution in [0.25, 0.3) is 11.4 Å². The summed E-state index contributed by atoms with van der Waals surface area (Å²) in [6.07, 6.45) is 2.91. The highest BCUT2D eigenvalue weighted by atomic mass is 16.5. The third-order valence-electron chi connectivity index (χ3n) is 5.63. The molecule has 0 bridgehead atoms. The molecule has 28 heavy (non-hydrogen) atoms. The number of amides is 1. The summed E-state index contributed by atoms with van der Waals surface area (Å²) in [4.78, 5) is 21.4. The summed E-state index contributed by atoms with van der Waals surface area (Å²) in [5, 5.41) is 4.15. The number of carbonyl (C=O) groups excluding carboxylic acids is 1. The Morgan fingerprint density at radius 2 is 1.82 bits per heavy atom. The fraction of sp³-hybridized carbons (Fsp3) is 0.591. The number of piperazine rings is 1. The van der Waals surface area contributed by atoms with Crippen LogP contribution in [-0.4, -0.2) is 52.0 Å². The Kier molecular flexibility index (Phi) is 6.83. The van der Waals surface area contributed by atoms with Gasteiger partial charge in [0.1, 0.15) is 0 Å². The maximum atomic E-state index is 12.5. The van der Waals surface area contributed by atoms with Gasteiger partial charge in [0.05, 0.1) is 6.04 Å². The Hall–Kier alpha value is -2.21. The van der Waals surface area contributed by atoms with Crippen molar-refractivity contribution in [3.63, 3.8) is 0 Å². The normalized spacial score (nSPS) is 17.5. The molecule has 1 saturated heterocycles. The van der Waals surface area contributed by atoms with Gasteiger partial charge in [0.15, 0.2) is 0 Å². The van der Waals surface area contributed by atoms with Gasteiger partial charge in [-0.05, 0) is 19.8 Å². The summed E-state index contributed by atoms with van der Waals surface area (Å²) in [5.41, 5.74) is 2.17. The van der Waals surface area contributed by atoms with E-state index in [1.807, 2.05) is 29.2 Å². The molecule has 3 rings (SSSR count). The highest BCUT2D eigenvalue weighted by Gasteiger charge is 2.28. The van der Waals surface area contributed by atoms with Crippen LogP contribution in [0, 0.1) is 12.8 Å². The first-order chi connectivity index (χ1) is 13.5. The Bertz CT molecular complexity index is 763. The Labute approximate surface area is 167 Å². The van der Waals surface area contributed by atoms with Crippen molar-refractivity contribution in [3.05, 3.63) is 35.7 Å². The predicted molar refractivity (Wildman–Crippen MR) is 110 cm³/mol. The molecule has 1 fully saturated rings. The Balaban J connectivity index is 1.54. The molecular weight excluding hydrogens is 352 g/mol. The van der Waals surface area contributed by atoms with Crippen molar-refractivity contribution in [1.29, 1.82) is 0 Å². The SMILES string of the molecule is CCCC(C)CC(=O)N1CCN(C(C)c2nc(-c3ccc(C)cc3)no2)CC1. The van der Waals surface area contributed by atoms with Crippen LogP contribution in [0.4, 0.5) is 0 Å². The van der Waals surface area contributed by atoms with Gasteiger partial charge in [0.25, 0.3) is 0 Å². The largest absolute Gasteiger partial charge is 0.340 e. The third-order valence-corrected chi connectivity index (χ3v) is 5.63. The number of rotatable bonds is 7. The van der Waals surface area contributed by atoms with Gasteiger partial charge in [0, 0.05) is 38.2 Å². The molecule has 2 atom stereocenters. The van der Waals surface area contributed by atoms with Crippen molar-refractivity contribution in [2.45, 2.75) is 53.0 Å². The van der Waals surface area contributed by atoms with E-state index in [4.69, 9.17) is 4.52 Å². The zero-order valence-corrected chi connectivity index (χ0v) is 17.5. The molecule has 1 aromatic carbocycles. The number of aryl methyl sites for hydroxylation is 1. The molecule has 0 spiro atoms. The third kappa shape index (κ3) is 4.98. The number of hydrogen-bond donors (Lipinski definition) is 0. The minimum atomic E-state index is 0.0444. The van der Waals surface area contributed by atoms with Gasteiger partial charge in [-0.1, -0.05) is 61.7 Å². The summed E-state index contributed by atoms with van der Waals surface area (Å²) in [6, 6.07) is 8.17. The van der Waals surface area contributed by atoms with E-state index in [1.165, 1.54) is 5.56 Å². The van der Waals surface area contributed by atoms with E-state index in [-0.39, 0.29) is 11.9 Å². The van der Waals surface area contributed by atoms with Crippen LogP contribution < -0.4 is 0 Å². The minimum Gasteiger partial charge on any atom is -0.340 e. The number of benzene rings is 1. The summed E-state index contributed by atoms with van der Waals surface area (Å²) in [7, 11) is 0. The zero-order valence-electron chi connectivity index (χ0n) is 17.5. The number of carbonyl (C=O) groups is 1. The van der Waals surface area contributed by atoms with Crippen LogP contribution in [-0.2, 0) is 4.79 Å². The average molecular weight is 385 g/mol. The average Bonchev–Trinajstić information content (AvgIpc) is 3.18. The van der Waals surface area contributed by atoms with Crippen LogP contribution >= 0.6 is 0 Å². The topological polar surface area (TPSA) is 62.5 Å². The standard InChI is InChI=1S/C22H32N4O2/c1-5-6-17(3)15-20(27)26-13-11-25(12-14-26)18(4)22-23-21(24-28-22)19-9-7-16(2)8-10-19/h7-10,17-18H,5-6,11-15H2,1-4H3. The quantitative estimate of drug-likeness (QED) is 0.720. The van der Waals surface area contributed by atoms with Crippen molar-refractivity contribution in [2.24, 2.45) is 5.92 Å². The van der Waals surface area contributed by atoms with Gasteiger partial charge >= 0.3 is 0 Å². The maximum Gasteiger partial charge on any atom is 0.244 e. The fourth-order valence-electron chi connectivity index (χ4n) is 3.76. The van der Waals surface area contributed by atoms with E-state index in [2.05, 4.69) is 42.7 Å². The monoisotopic (exact) mass is 384 g/mol. The van der Waals surface area contributed by atoms with Gasteiger partial charge < -0.3 is 9.42 Å². The van der Waals surface area contributed by atoms with Crippen molar-refractivity contribution >= 4 is 5.91 Å². The van der Waals surface area contributed by atoms with Crippen molar-refractivity contribution in [1.82, 2.24) is 19.9 Å². The molecule has 1 aromatic heterocycles. The number of nitrogens with zero attached hydrogens (tertiary/aromatic N) is 4. The molecule has 1 amide bonds. The van der Waals surface area contributed by atoms with Crippen LogP contribution in [0.3, 0.4) is 0 Å². The van der Waals surface area contributed by atoms with Crippen LogP contribution in [0.2, 0.25) is 0 Å². The van der Waals surface area contributed by atoms with Crippen LogP contribution in [0.1, 0.15) is 57.5 Å². The van der Waals surface area contributed by atoms with Gasteiger partial charge in [-0.15, -0.1) is 0 Å². The smallest absolute Gasteiger partial charge is 0.244 e. The second-order valence-electron chi connectivity index (χ2n) is 8.01. The number of hydrogen-bond acceptors (Lipinski definition) is 5. The number of aromatic nitrogens is 2. The molecule has 2 unspecified atom stereocenters. The molecule has 2 aromatic rings. The van der Waals surface area contributed by atoms with E-state index in [1.54, 1.807) is 0 Å². The first-order valence-corrected chi connectivity index (χ1v) is 10.4. The lowest BCUT2D eigenvalue weighted by Crippen LogP contribution is -2.49. The zero-order chi connectivity index (χ0) is 20.1. The van der Waals surface area contributed by atoms with Gasteiger partial charge in [0.2, 0.25) is 17.6 Å². The summed E-state index contributed by atoms with van der Waals surface area (Å²) >= 11 is 0. The highest BCUT2D eigenvalue weighted by Crippen LogP contribution is 2.24.